The molecule has 1 unspecified atom stereocenters. The summed E-state index contributed by atoms with van der Waals surface area (Å²) < 4.78 is 6.46. The van der Waals surface area contributed by atoms with Crippen LogP contribution in [0.1, 0.15) is 29.1 Å². The molecule has 23 heavy (non-hydrogen) atoms. The van der Waals surface area contributed by atoms with Crippen LogP contribution in [0.5, 0.6) is 0 Å². The van der Waals surface area contributed by atoms with E-state index in [0.29, 0.717) is 22.9 Å². The number of carbonyl (C=O) groups excluding carboxylic acids is 1. The summed E-state index contributed by atoms with van der Waals surface area (Å²) in [5.41, 5.74) is 7.80. The maximum Gasteiger partial charge on any atom is 0.339 e. The van der Waals surface area contributed by atoms with Crippen LogP contribution < -0.4 is 5.73 Å². The lowest BCUT2D eigenvalue weighted by atomic mass is 10.3. The van der Waals surface area contributed by atoms with Gasteiger partial charge in [-0.15, -0.1) is 12.4 Å². The molecule has 0 aromatic carbocycles. The van der Waals surface area contributed by atoms with Crippen LogP contribution in [0.4, 0.5) is 0 Å². The van der Waals surface area contributed by atoms with Gasteiger partial charge in [-0.05, 0) is 31.2 Å². The second kappa shape index (κ2) is 6.72. The van der Waals surface area contributed by atoms with Crippen molar-refractivity contribution in [2.75, 3.05) is 7.11 Å². The second-order valence-corrected chi connectivity index (χ2v) is 4.84. The number of hydrogen-bond donors (Lipinski definition) is 1. The van der Waals surface area contributed by atoms with Gasteiger partial charge in [0.2, 0.25) is 0 Å². The summed E-state index contributed by atoms with van der Waals surface area (Å²) in [6.07, 6.45) is 3.15. The summed E-state index contributed by atoms with van der Waals surface area (Å²) in [5.74, 6) is 0.827. The lowest BCUT2D eigenvalue weighted by Crippen LogP contribution is -2.14. The van der Waals surface area contributed by atoms with Gasteiger partial charge in [-0.25, -0.2) is 19.7 Å². The molecule has 8 heteroatoms. The third kappa shape index (κ3) is 3.01. The average molecular weight is 334 g/mol. The highest BCUT2D eigenvalue weighted by molar-refractivity contribution is 5.89. The maximum atomic E-state index is 11.5. The van der Waals surface area contributed by atoms with Crippen molar-refractivity contribution in [3.05, 3.63) is 48.0 Å². The zero-order valence-corrected chi connectivity index (χ0v) is 13.4. The molecule has 7 nitrogen and oxygen atoms in total. The molecule has 1 atom stereocenters. The number of aromatic nitrogens is 4. The van der Waals surface area contributed by atoms with Gasteiger partial charge in [0.15, 0.2) is 5.65 Å². The normalized spacial score (nSPS) is 11.8. The van der Waals surface area contributed by atoms with Crippen molar-refractivity contribution in [1.82, 2.24) is 19.5 Å². The van der Waals surface area contributed by atoms with Crippen molar-refractivity contribution in [2.45, 2.75) is 13.0 Å². The van der Waals surface area contributed by atoms with E-state index in [2.05, 4.69) is 19.7 Å². The lowest BCUT2D eigenvalue weighted by molar-refractivity contribution is 0.0600. The Balaban J connectivity index is 0.00000192. The molecule has 0 saturated carbocycles. The molecular weight excluding hydrogens is 318 g/mol. The van der Waals surface area contributed by atoms with Crippen LogP contribution in [0.15, 0.2) is 36.7 Å². The van der Waals surface area contributed by atoms with Crippen molar-refractivity contribution in [3.63, 3.8) is 0 Å². The van der Waals surface area contributed by atoms with E-state index in [1.54, 1.807) is 22.9 Å². The summed E-state index contributed by atoms with van der Waals surface area (Å²) in [6, 6.07) is 6.77. The Labute approximate surface area is 138 Å². The van der Waals surface area contributed by atoms with E-state index >= 15 is 0 Å². The minimum Gasteiger partial charge on any atom is -0.465 e. The number of imidazole rings is 1. The highest BCUT2D eigenvalue weighted by atomic mass is 35.5. The zero-order valence-electron chi connectivity index (χ0n) is 12.6. The number of carbonyl (C=O) groups is 1. The fraction of sp³-hybridized carbons (Fsp3) is 0.200. The van der Waals surface area contributed by atoms with E-state index < -0.39 is 5.97 Å². The molecular formula is C15H16ClN5O2. The summed E-state index contributed by atoms with van der Waals surface area (Å²) >= 11 is 0. The number of nitrogens with two attached hydrogens (primary N) is 1. The average Bonchev–Trinajstić information content (AvgIpc) is 2.94. The van der Waals surface area contributed by atoms with Crippen molar-refractivity contribution in [1.29, 1.82) is 0 Å². The summed E-state index contributed by atoms with van der Waals surface area (Å²) in [6.45, 7) is 1.85. The number of halogens is 1. The molecule has 0 aliphatic carbocycles. The van der Waals surface area contributed by atoms with Gasteiger partial charge in [0.25, 0.3) is 0 Å². The fourth-order valence-electron chi connectivity index (χ4n) is 2.22. The molecule has 0 bridgehead atoms. The third-order valence-corrected chi connectivity index (χ3v) is 3.25. The molecule has 0 fully saturated rings. The molecule has 3 aromatic rings. The number of esters is 1. The van der Waals surface area contributed by atoms with E-state index in [1.807, 2.05) is 19.1 Å². The first-order chi connectivity index (χ1) is 10.6. The monoisotopic (exact) mass is 333 g/mol. The van der Waals surface area contributed by atoms with Gasteiger partial charge < -0.3 is 10.5 Å². The molecule has 3 heterocycles. The van der Waals surface area contributed by atoms with E-state index in [9.17, 15) is 4.79 Å². The van der Waals surface area contributed by atoms with Crippen LogP contribution in [-0.4, -0.2) is 32.6 Å². The number of nitrogens with zero attached hydrogens (tertiary/aromatic N) is 4. The predicted octanol–water partition coefficient (Wildman–Crippen LogP) is 2.04. The quantitative estimate of drug-likeness (QED) is 0.737. The van der Waals surface area contributed by atoms with Crippen molar-refractivity contribution < 1.29 is 9.53 Å². The van der Waals surface area contributed by atoms with E-state index in [4.69, 9.17) is 5.73 Å². The highest BCUT2D eigenvalue weighted by Crippen LogP contribution is 2.21. The third-order valence-electron chi connectivity index (χ3n) is 3.25. The van der Waals surface area contributed by atoms with Crippen LogP contribution in [0.3, 0.4) is 0 Å². The summed E-state index contributed by atoms with van der Waals surface area (Å²) in [5, 5.41) is 0. The van der Waals surface area contributed by atoms with E-state index in [0.717, 1.165) is 5.52 Å². The van der Waals surface area contributed by atoms with Crippen molar-refractivity contribution in [3.8, 4) is 5.82 Å². The zero-order chi connectivity index (χ0) is 15.7. The maximum absolute atomic E-state index is 11.5. The van der Waals surface area contributed by atoms with E-state index in [1.165, 1.54) is 13.3 Å². The predicted molar refractivity (Wildman–Crippen MR) is 87.8 cm³/mol. The van der Waals surface area contributed by atoms with Crippen molar-refractivity contribution in [2.24, 2.45) is 5.73 Å². The second-order valence-electron chi connectivity index (χ2n) is 4.84. The SMILES string of the molecule is COC(=O)c1ccc(-n2c(C(C)N)nc3cccnc32)nc1.Cl. The largest absolute Gasteiger partial charge is 0.465 e. The standard InChI is InChI=1S/C15H15N5O2.ClH/c1-9(16)13-19-11-4-3-7-17-14(11)20(13)12-6-5-10(8-18-12)15(21)22-2;/h3-9H,16H2,1-2H3;1H. The van der Waals surface area contributed by atoms with Crippen molar-refractivity contribution >= 4 is 29.5 Å². The van der Waals surface area contributed by atoms with Crippen LogP contribution in [0.2, 0.25) is 0 Å². The Kier molecular flexibility index (Phi) is 4.92. The van der Waals surface area contributed by atoms with Gasteiger partial charge >= 0.3 is 5.97 Å². The molecule has 0 spiro atoms. The summed E-state index contributed by atoms with van der Waals surface area (Å²) in [7, 11) is 1.33. The van der Waals surface area contributed by atoms with Gasteiger partial charge in [0, 0.05) is 12.4 Å². The molecule has 0 amide bonds. The molecule has 0 aliphatic heterocycles. The van der Waals surface area contributed by atoms with Gasteiger partial charge in [0.1, 0.15) is 17.2 Å². The number of pyridine rings is 2. The lowest BCUT2D eigenvalue weighted by Gasteiger charge is -2.10. The van der Waals surface area contributed by atoms with Crippen LogP contribution in [0.25, 0.3) is 17.0 Å². The number of methoxy groups -OCH3 is 1. The smallest absolute Gasteiger partial charge is 0.339 e. The highest BCUT2D eigenvalue weighted by Gasteiger charge is 2.17. The molecule has 3 aromatic heterocycles. The Morgan fingerprint density at radius 1 is 1.30 bits per heavy atom. The Morgan fingerprint density at radius 3 is 2.70 bits per heavy atom. The number of hydrogen-bond acceptors (Lipinski definition) is 6. The minimum absolute atomic E-state index is 0. The minimum atomic E-state index is -0.430. The first-order valence-corrected chi connectivity index (χ1v) is 6.75. The molecule has 0 saturated heterocycles. The fourth-order valence-corrected chi connectivity index (χ4v) is 2.22. The number of ether oxygens (including phenoxy) is 1. The Hall–Kier alpha value is -2.51. The van der Waals surface area contributed by atoms with Gasteiger partial charge in [-0.3, -0.25) is 4.57 Å². The summed E-state index contributed by atoms with van der Waals surface area (Å²) in [4.78, 5) is 24.6. The molecule has 120 valence electrons. The van der Waals surface area contributed by atoms with Gasteiger partial charge in [-0.2, -0.15) is 0 Å². The van der Waals surface area contributed by atoms with Crippen LogP contribution in [-0.2, 0) is 4.74 Å². The Morgan fingerprint density at radius 2 is 2.09 bits per heavy atom. The molecule has 3 rings (SSSR count). The Bertz CT molecular complexity index is 830. The number of fused-ring (bicyclic) bond motifs is 1. The first-order valence-electron chi connectivity index (χ1n) is 6.75. The van der Waals surface area contributed by atoms with Gasteiger partial charge in [0.05, 0.1) is 18.7 Å². The van der Waals surface area contributed by atoms with Gasteiger partial charge in [-0.1, -0.05) is 0 Å². The topological polar surface area (TPSA) is 95.9 Å². The molecule has 2 N–H and O–H groups in total. The van der Waals surface area contributed by atoms with Crippen LogP contribution in [0, 0.1) is 0 Å². The first kappa shape index (κ1) is 16.9. The molecule has 0 aliphatic rings. The molecule has 0 radical (unpaired) electrons. The van der Waals surface area contributed by atoms with E-state index in [-0.39, 0.29) is 18.4 Å². The number of rotatable bonds is 3. The van der Waals surface area contributed by atoms with Crippen LogP contribution >= 0.6 is 12.4 Å².